The highest BCUT2D eigenvalue weighted by Gasteiger charge is 2.35. The standard InChI is InChI=1S/C27H43NO3/c1-3-4-5-6-7-8-9-10-11-12-13-14-15-16-17-18-21-28-26(29)24-20-19-23(31-2)22-25(24)27(28)30/h19-20,22H,3-18,21H2,1-2H3. The van der Waals surface area contributed by atoms with Crippen LogP contribution in [-0.4, -0.2) is 30.4 Å². The molecular weight excluding hydrogens is 386 g/mol. The van der Waals surface area contributed by atoms with Crippen LogP contribution in [0.4, 0.5) is 0 Å². The molecule has 1 aliphatic rings. The molecule has 1 heterocycles. The lowest BCUT2D eigenvalue weighted by molar-refractivity contribution is 0.0651. The van der Waals surface area contributed by atoms with Crippen molar-refractivity contribution < 1.29 is 14.3 Å². The second-order valence-electron chi connectivity index (χ2n) is 8.98. The zero-order valence-corrected chi connectivity index (χ0v) is 19.9. The van der Waals surface area contributed by atoms with Crippen molar-refractivity contribution in [2.24, 2.45) is 0 Å². The number of rotatable bonds is 18. The van der Waals surface area contributed by atoms with E-state index in [0.29, 0.717) is 23.4 Å². The predicted octanol–water partition coefficient (Wildman–Crippen LogP) is 7.55. The number of hydrogen-bond acceptors (Lipinski definition) is 3. The average molecular weight is 430 g/mol. The Morgan fingerprint density at radius 2 is 1.10 bits per heavy atom. The van der Waals surface area contributed by atoms with E-state index in [4.69, 9.17) is 4.74 Å². The maximum absolute atomic E-state index is 12.5. The third kappa shape index (κ3) is 8.66. The molecule has 0 bridgehead atoms. The molecule has 1 aromatic carbocycles. The zero-order valence-electron chi connectivity index (χ0n) is 19.9. The summed E-state index contributed by atoms with van der Waals surface area (Å²) in [7, 11) is 1.57. The molecule has 2 rings (SSSR count). The van der Waals surface area contributed by atoms with Crippen LogP contribution in [0.3, 0.4) is 0 Å². The Kier molecular flexibility index (Phi) is 12.3. The summed E-state index contributed by atoms with van der Waals surface area (Å²) >= 11 is 0. The summed E-state index contributed by atoms with van der Waals surface area (Å²) in [5.41, 5.74) is 0.975. The van der Waals surface area contributed by atoms with Crippen LogP contribution in [0.1, 0.15) is 130 Å². The van der Waals surface area contributed by atoms with Crippen molar-refractivity contribution in [1.29, 1.82) is 0 Å². The Balaban J connectivity index is 1.43. The summed E-state index contributed by atoms with van der Waals surface area (Å²) in [6, 6.07) is 5.10. The van der Waals surface area contributed by atoms with Gasteiger partial charge in [-0.25, -0.2) is 0 Å². The number of nitrogens with zero attached hydrogens (tertiary/aromatic N) is 1. The minimum Gasteiger partial charge on any atom is -0.497 e. The number of unbranched alkanes of at least 4 members (excludes halogenated alkanes) is 15. The first kappa shape index (κ1) is 25.4. The highest BCUT2D eigenvalue weighted by Crippen LogP contribution is 2.27. The lowest BCUT2D eigenvalue weighted by Gasteiger charge is -2.13. The number of fused-ring (bicyclic) bond motifs is 1. The molecule has 0 radical (unpaired) electrons. The number of carbonyl (C=O) groups is 2. The first-order chi connectivity index (χ1) is 15.2. The quantitative estimate of drug-likeness (QED) is 0.179. The highest BCUT2D eigenvalue weighted by molar-refractivity contribution is 6.21. The van der Waals surface area contributed by atoms with Gasteiger partial charge in [0, 0.05) is 6.54 Å². The molecule has 0 fully saturated rings. The molecule has 4 nitrogen and oxygen atoms in total. The van der Waals surface area contributed by atoms with Crippen LogP contribution in [0, 0.1) is 0 Å². The van der Waals surface area contributed by atoms with E-state index in [1.54, 1.807) is 25.3 Å². The van der Waals surface area contributed by atoms with E-state index >= 15 is 0 Å². The summed E-state index contributed by atoms with van der Waals surface area (Å²) in [5.74, 6) is 0.271. The molecule has 4 heteroatoms. The normalized spacial score (nSPS) is 13.2. The first-order valence-corrected chi connectivity index (χ1v) is 12.7. The van der Waals surface area contributed by atoms with Gasteiger partial charge in [-0.1, -0.05) is 103 Å². The van der Waals surface area contributed by atoms with Crippen molar-refractivity contribution in [3.8, 4) is 5.75 Å². The largest absolute Gasteiger partial charge is 0.497 e. The van der Waals surface area contributed by atoms with Gasteiger partial charge >= 0.3 is 0 Å². The highest BCUT2D eigenvalue weighted by atomic mass is 16.5. The summed E-state index contributed by atoms with van der Waals surface area (Å²) in [4.78, 5) is 26.4. The lowest BCUT2D eigenvalue weighted by Crippen LogP contribution is -2.30. The molecule has 0 saturated carbocycles. The van der Waals surface area contributed by atoms with Gasteiger partial charge in [0.05, 0.1) is 18.2 Å². The van der Waals surface area contributed by atoms with E-state index in [2.05, 4.69) is 6.92 Å². The number of amides is 2. The Hall–Kier alpha value is -1.84. The molecule has 2 amide bonds. The zero-order chi connectivity index (χ0) is 22.3. The second-order valence-corrected chi connectivity index (χ2v) is 8.98. The van der Waals surface area contributed by atoms with E-state index in [1.807, 2.05) is 0 Å². The molecule has 0 N–H and O–H groups in total. The monoisotopic (exact) mass is 429 g/mol. The van der Waals surface area contributed by atoms with E-state index in [0.717, 1.165) is 12.8 Å². The Labute approximate surface area is 189 Å². The predicted molar refractivity (Wildman–Crippen MR) is 128 cm³/mol. The van der Waals surface area contributed by atoms with Gasteiger partial charge < -0.3 is 4.74 Å². The number of carbonyl (C=O) groups excluding carboxylic acids is 2. The van der Waals surface area contributed by atoms with Gasteiger partial charge in [0.2, 0.25) is 0 Å². The minimum atomic E-state index is -0.181. The van der Waals surface area contributed by atoms with Crippen LogP contribution in [0.15, 0.2) is 18.2 Å². The molecule has 174 valence electrons. The maximum Gasteiger partial charge on any atom is 0.261 e. The lowest BCUT2D eigenvalue weighted by atomic mass is 10.0. The number of imide groups is 1. The van der Waals surface area contributed by atoms with E-state index < -0.39 is 0 Å². The second kappa shape index (κ2) is 15.0. The van der Waals surface area contributed by atoms with Crippen molar-refractivity contribution >= 4 is 11.8 Å². The fourth-order valence-corrected chi connectivity index (χ4v) is 4.42. The van der Waals surface area contributed by atoms with Crippen LogP contribution in [0.25, 0.3) is 0 Å². The number of benzene rings is 1. The van der Waals surface area contributed by atoms with E-state index in [1.165, 1.54) is 94.8 Å². The van der Waals surface area contributed by atoms with Crippen LogP contribution in [0.5, 0.6) is 5.75 Å². The maximum atomic E-state index is 12.5. The van der Waals surface area contributed by atoms with Gasteiger partial charge in [0.25, 0.3) is 11.8 Å². The van der Waals surface area contributed by atoms with Gasteiger partial charge in [0.1, 0.15) is 5.75 Å². The summed E-state index contributed by atoms with van der Waals surface area (Å²) < 4.78 is 5.17. The third-order valence-corrected chi connectivity index (χ3v) is 6.41. The van der Waals surface area contributed by atoms with Crippen molar-refractivity contribution in [3.05, 3.63) is 29.3 Å². The minimum absolute atomic E-state index is 0.163. The molecule has 0 unspecified atom stereocenters. The van der Waals surface area contributed by atoms with Crippen molar-refractivity contribution in [2.45, 2.75) is 110 Å². The summed E-state index contributed by atoms with van der Waals surface area (Å²) in [6.45, 7) is 2.79. The molecule has 0 aliphatic carbocycles. The topological polar surface area (TPSA) is 46.6 Å². The number of ether oxygens (including phenoxy) is 1. The number of hydrogen-bond donors (Lipinski definition) is 0. The molecule has 0 saturated heterocycles. The van der Waals surface area contributed by atoms with E-state index in [-0.39, 0.29) is 11.8 Å². The van der Waals surface area contributed by atoms with Gasteiger partial charge in [0.15, 0.2) is 0 Å². The Bertz CT molecular complexity index is 670. The summed E-state index contributed by atoms with van der Waals surface area (Å²) in [6.07, 6.45) is 21.1. The third-order valence-electron chi connectivity index (χ3n) is 6.41. The van der Waals surface area contributed by atoms with Gasteiger partial charge in [-0.05, 0) is 24.6 Å². The molecule has 0 aromatic heterocycles. The van der Waals surface area contributed by atoms with Gasteiger partial charge in [-0.2, -0.15) is 0 Å². The van der Waals surface area contributed by atoms with Crippen LogP contribution in [-0.2, 0) is 0 Å². The Morgan fingerprint density at radius 1 is 0.645 bits per heavy atom. The van der Waals surface area contributed by atoms with Crippen LogP contribution < -0.4 is 4.74 Å². The number of methoxy groups -OCH3 is 1. The van der Waals surface area contributed by atoms with Crippen molar-refractivity contribution in [3.63, 3.8) is 0 Å². The first-order valence-electron chi connectivity index (χ1n) is 12.7. The fraction of sp³-hybridized carbons (Fsp3) is 0.704. The average Bonchev–Trinajstić information content (AvgIpc) is 3.02. The molecule has 0 atom stereocenters. The molecule has 1 aliphatic heterocycles. The van der Waals surface area contributed by atoms with Crippen LogP contribution >= 0.6 is 0 Å². The molecular formula is C27H43NO3. The van der Waals surface area contributed by atoms with E-state index in [9.17, 15) is 9.59 Å². The van der Waals surface area contributed by atoms with Crippen LogP contribution in [0.2, 0.25) is 0 Å². The SMILES string of the molecule is CCCCCCCCCCCCCCCCCCN1C(=O)c2ccc(OC)cc2C1=O. The molecule has 0 spiro atoms. The molecule has 1 aromatic rings. The fourth-order valence-electron chi connectivity index (χ4n) is 4.42. The smallest absolute Gasteiger partial charge is 0.261 e. The van der Waals surface area contributed by atoms with Crippen molar-refractivity contribution in [2.75, 3.05) is 13.7 Å². The molecule has 31 heavy (non-hydrogen) atoms. The Morgan fingerprint density at radius 3 is 1.58 bits per heavy atom. The van der Waals surface area contributed by atoms with Crippen molar-refractivity contribution in [1.82, 2.24) is 4.90 Å². The van der Waals surface area contributed by atoms with Gasteiger partial charge in [-0.3, -0.25) is 14.5 Å². The van der Waals surface area contributed by atoms with Gasteiger partial charge in [-0.15, -0.1) is 0 Å². The summed E-state index contributed by atoms with van der Waals surface area (Å²) in [5, 5.41) is 0.